The fourth-order valence-corrected chi connectivity index (χ4v) is 6.15. The van der Waals surface area contributed by atoms with Crippen LogP contribution in [0.15, 0.2) is 47.5 Å². The Morgan fingerprint density at radius 2 is 2.03 bits per heavy atom. The fraction of sp³-hybridized carbons (Fsp3) is 0.333. The molecule has 1 fully saturated rings. The summed E-state index contributed by atoms with van der Waals surface area (Å²) in [5.41, 5.74) is 2.33. The number of nitrogens with one attached hydrogen (secondary N) is 1. The lowest BCUT2D eigenvalue weighted by molar-refractivity contribution is -0.120. The summed E-state index contributed by atoms with van der Waals surface area (Å²) in [6.07, 6.45) is 3.11. The standard InChI is InChI=1S/C21H23N3O3S2/c1-14-5-6-15(2)20(10-14)29(26,27)24-9-3-4-16(13-24)21(25)23-18-7-8-19-17(11-18)12-22-28-19/h5-8,10-12,16H,3-4,9,13H2,1-2H3,(H,23,25). The molecule has 0 saturated carbocycles. The number of carbonyl (C=O) groups excluding carboxylic acids is 1. The van der Waals surface area contributed by atoms with Gasteiger partial charge in [-0.1, -0.05) is 12.1 Å². The zero-order valence-corrected chi connectivity index (χ0v) is 18.0. The van der Waals surface area contributed by atoms with Crippen LogP contribution in [0.2, 0.25) is 0 Å². The molecule has 0 radical (unpaired) electrons. The van der Waals surface area contributed by atoms with Gasteiger partial charge in [0, 0.05) is 30.4 Å². The summed E-state index contributed by atoms with van der Waals surface area (Å²) in [6, 6.07) is 11.1. The van der Waals surface area contributed by atoms with Gasteiger partial charge in [-0.3, -0.25) is 4.79 Å². The van der Waals surface area contributed by atoms with E-state index < -0.39 is 10.0 Å². The Labute approximate surface area is 174 Å². The van der Waals surface area contributed by atoms with Gasteiger partial charge in [-0.15, -0.1) is 0 Å². The maximum Gasteiger partial charge on any atom is 0.243 e. The summed E-state index contributed by atoms with van der Waals surface area (Å²) in [5.74, 6) is -0.520. The van der Waals surface area contributed by atoms with Crippen LogP contribution in [0.25, 0.3) is 10.1 Å². The molecule has 0 spiro atoms. The van der Waals surface area contributed by atoms with Crippen molar-refractivity contribution in [3.8, 4) is 0 Å². The molecule has 152 valence electrons. The topological polar surface area (TPSA) is 79.4 Å². The van der Waals surface area contributed by atoms with Crippen molar-refractivity contribution >= 4 is 43.2 Å². The minimum atomic E-state index is -3.63. The van der Waals surface area contributed by atoms with Crippen LogP contribution in [0.3, 0.4) is 0 Å². The highest BCUT2D eigenvalue weighted by Gasteiger charge is 2.34. The van der Waals surface area contributed by atoms with Crippen molar-refractivity contribution in [2.24, 2.45) is 5.92 Å². The number of aromatic nitrogens is 1. The van der Waals surface area contributed by atoms with Crippen molar-refractivity contribution in [1.82, 2.24) is 8.68 Å². The number of hydrogen-bond acceptors (Lipinski definition) is 5. The lowest BCUT2D eigenvalue weighted by atomic mass is 9.98. The first-order chi connectivity index (χ1) is 13.8. The summed E-state index contributed by atoms with van der Waals surface area (Å²) in [4.78, 5) is 13.2. The molecule has 4 rings (SSSR count). The van der Waals surface area contributed by atoms with Crippen molar-refractivity contribution in [2.75, 3.05) is 18.4 Å². The molecule has 1 aromatic heterocycles. The predicted molar refractivity (Wildman–Crippen MR) is 116 cm³/mol. The van der Waals surface area contributed by atoms with Crippen molar-refractivity contribution < 1.29 is 13.2 Å². The number of aryl methyl sites for hydroxylation is 2. The van der Waals surface area contributed by atoms with E-state index in [2.05, 4.69) is 9.69 Å². The van der Waals surface area contributed by atoms with Crippen LogP contribution < -0.4 is 5.32 Å². The molecule has 0 bridgehead atoms. The number of benzene rings is 2. The third kappa shape index (κ3) is 4.05. The molecule has 1 saturated heterocycles. The first-order valence-electron chi connectivity index (χ1n) is 9.57. The zero-order valence-electron chi connectivity index (χ0n) is 16.4. The predicted octanol–water partition coefficient (Wildman–Crippen LogP) is 3.95. The highest BCUT2D eigenvalue weighted by atomic mass is 32.2. The molecule has 1 atom stereocenters. The molecule has 6 nitrogen and oxygen atoms in total. The molecular formula is C21H23N3O3S2. The molecule has 1 aliphatic heterocycles. The second kappa shape index (κ2) is 7.85. The SMILES string of the molecule is Cc1ccc(C)c(S(=O)(=O)N2CCCC(C(=O)Nc3ccc4sncc4c3)C2)c1. The van der Waals surface area contributed by atoms with Crippen LogP contribution in [0, 0.1) is 19.8 Å². The quantitative estimate of drug-likeness (QED) is 0.681. The van der Waals surface area contributed by atoms with Crippen LogP contribution in [-0.4, -0.2) is 36.1 Å². The second-order valence-corrected chi connectivity index (χ2v) is 10.3. The van der Waals surface area contributed by atoms with Crippen molar-refractivity contribution in [3.63, 3.8) is 0 Å². The molecule has 2 heterocycles. The first-order valence-corrected chi connectivity index (χ1v) is 11.8. The molecule has 1 amide bonds. The Hall–Kier alpha value is -2.29. The molecule has 29 heavy (non-hydrogen) atoms. The summed E-state index contributed by atoms with van der Waals surface area (Å²) >= 11 is 1.41. The van der Waals surface area contributed by atoms with Crippen LogP contribution >= 0.6 is 11.5 Å². The minimum absolute atomic E-state index is 0.145. The number of fused-ring (bicyclic) bond motifs is 1. The van der Waals surface area contributed by atoms with Gasteiger partial charge in [-0.05, 0) is 73.6 Å². The number of carbonyl (C=O) groups is 1. The van der Waals surface area contributed by atoms with E-state index in [-0.39, 0.29) is 18.4 Å². The molecule has 1 N–H and O–H groups in total. The summed E-state index contributed by atoms with van der Waals surface area (Å²) in [6.45, 7) is 4.32. The van der Waals surface area contributed by atoms with E-state index in [0.29, 0.717) is 30.0 Å². The van der Waals surface area contributed by atoms with Crippen molar-refractivity contribution in [1.29, 1.82) is 0 Å². The Morgan fingerprint density at radius 3 is 2.86 bits per heavy atom. The van der Waals surface area contributed by atoms with E-state index in [1.165, 1.54) is 15.8 Å². The highest BCUT2D eigenvalue weighted by molar-refractivity contribution is 7.89. The monoisotopic (exact) mass is 429 g/mol. The van der Waals surface area contributed by atoms with Gasteiger partial charge < -0.3 is 5.32 Å². The van der Waals surface area contributed by atoms with Gasteiger partial charge in [-0.2, -0.15) is 8.68 Å². The Kier molecular flexibility index (Phi) is 5.42. The van der Waals surface area contributed by atoms with Gasteiger partial charge in [0.25, 0.3) is 0 Å². The molecular weight excluding hydrogens is 406 g/mol. The molecule has 8 heteroatoms. The van der Waals surface area contributed by atoms with Crippen LogP contribution in [-0.2, 0) is 14.8 Å². The first kappa shape index (κ1) is 20.0. The van der Waals surface area contributed by atoms with Gasteiger partial charge in [0.1, 0.15) is 0 Å². The van der Waals surface area contributed by atoms with Gasteiger partial charge in [0.15, 0.2) is 0 Å². The molecule has 3 aromatic rings. The van der Waals surface area contributed by atoms with E-state index >= 15 is 0 Å². The van der Waals surface area contributed by atoms with Crippen LogP contribution in [0.5, 0.6) is 0 Å². The zero-order chi connectivity index (χ0) is 20.6. The Morgan fingerprint density at radius 1 is 1.21 bits per heavy atom. The van der Waals surface area contributed by atoms with Crippen LogP contribution in [0.1, 0.15) is 24.0 Å². The van der Waals surface area contributed by atoms with Crippen LogP contribution in [0.4, 0.5) is 5.69 Å². The largest absolute Gasteiger partial charge is 0.326 e. The molecule has 1 unspecified atom stereocenters. The average molecular weight is 430 g/mol. The second-order valence-electron chi connectivity index (χ2n) is 7.54. The van der Waals surface area contributed by atoms with Gasteiger partial charge in [-0.25, -0.2) is 8.42 Å². The number of anilines is 1. The smallest absolute Gasteiger partial charge is 0.243 e. The third-order valence-corrected chi connectivity index (χ3v) is 8.12. The van der Waals surface area contributed by atoms with Gasteiger partial charge >= 0.3 is 0 Å². The number of sulfonamides is 1. The number of rotatable bonds is 4. The average Bonchev–Trinajstić information content (AvgIpc) is 3.17. The number of nitrogens with zero attached hydrogens (tertiary/aromatic N) is 2. The van der Waals surface area contributed by atoms with Crippen molar-refractivity contribution in [3.05, 3.63) is 53.7 Å². The summed E-state index contributed by atoms with van der Waals surface area (Å²) < 4.78 is 33.0. The summed E-state index contributed by atoms with van der Waals surface area (Å²) in [7, 11) is -3.63. The Bertz CT molecular complexity index is 1170. The Balaban J connectivity index is 1.51. The fourth-order valence-electron chi connectivity index (χ4n) is 3.69. The maximum absolute atomic E-state index is 13.2. The number of amides is 1. The van der Waals surface area contributed by atoms with E-state index in [1.807, 2.05) is 37.3 Å². The lowest BCUT2D eigenvalue weighted by Crippen LogP contribution is -2.43. The molecule has 2 aromatic carbocycles. The number of piperidine rings is 1. The molecule has 1 aliphatic rings. The maximum atomic E-state index is 13.2. The van der Waals surface area contributed by atoms with E-state index in [9.17, 15) is 13.2 Å². The summed E-state index contributed by atoms with van der Waals surface area (Å²) in [5, 5.41) is 3.92. The molecule has 0 aliphatic carbocycles. The third-order valence-electron chi connectivity index (χ3n) is 5.34. The van der Waals surface area contributed by atoms with E-state index in [4.69, 9.17) is 0 Å². The van der Waals surface area contributed by atoms with Gasteiger partial charge in [0.05, 0.1) is 15.5 Å². The van der Waals surface area contributed by atoms with E-state index in [1.54, 1.807) is 19.2 Å². The number of hydrogen-bond donors (Lipinski definition) is 1. The normalized spacial score (nSPS) is 18.1. The highest BCUT2D eigenvalue weighted by Crippen LogP contribution is 2.28. The lowest BCUT2D eigenvalue weighted by Gasteiger charge is -2.31. The minimum Gasteiger partial charge on any atom is -0.326 e. The van der Waals surface area contributed by atoms with Crippen molar-refractivity contribution in [2.45, 2.75) is 31.6 Å². The van der Waals surface area contributed by atoms with E-state index in [0.717, 1.165) is 21.2 Å². The van der Waals surface area contributed by atoms with Gasteiger partial charge in [0.2, 0.25) is 15.9 Å².